The van der Waals surface area contributed by atoms with Crippen molar-refractivity contribution in [3.63, 3.8) is 0 Å². The third-order valence-electron chi connectivity index (χ3n) is 13.6. The van der Waals surface area contributed by atoms with E-state index in [0.717, 1.165) is 127 Å². The molecule has 2 aliphatic heterocycles. The monoisotopic (exact) mass is 844 g/mol. The van der Waals surface area contributed by atoms with Gasteiger partial charge in [0.25, 0.3) is 0 Å². The Morgan fingerprint density at radius 3 is 2.10 bits per heavy atom. The summed E-state index contributed by atoms with van der Waals surface area (Å²) in [6.07, 6.45) is 8.90. The fraction of sp³-hybridized carbons (Fsp3) is 0.385. The van der Waals surface area contributed by atoms with Crippen LogP contribution in [0.15, 0.2) is 109 Å². The number of aryl methyl sites for hydroxylation is 1. The summed E-state index contributed by atoms with van der Waals surface area (Å²) in [5, 5.41) is 15.2. The number of carbonyl (C=O) groups is 2. The van der Waals surface area contributed by atoms with Crippen LogP contribution in [0.25, 0.3) is 33.6 Å². The maximum atomic E-state index is 14.3. The van der Waals surface area contributed by atoms with Gasteiger partial charge in [0.2, 0.25) is 11.8 Å². The Kier molecular flexibility index (Phi) is 12.6. The molecular formula is C52H60N8O3. The van der Waals surface area contributed by atoms with Gasteiger partial charge in [-0.2, -0.15) is 4.73 Å². The molecule has 1 aliphatic carbocycles. The lowest BCUT2D eigenvalue weighted by molar-refractivity contribution is -0.138. The van der Waals surface area contributed by atoms with Gasteiger partial charge in [-0.1, -0.05) is 124 Å². The summed E-state index contributed by atoms with van der Waals surface area (Å²) in [5.74, 6) is 1.53. The summed E-state index contributed by atoms with van der Waals surface area (Å²) in [7, 11) is 0. The van der Waals surface area contributed by atoms with Crippen LogP contribution < -0.4 is 5.32 Å². The lowest BCUT2D eigenvalue weighted by Crippen LogP contribution is -2.43. The number of likely N-dealkylation sites (tertiary alicyclic amines) is 2. The second-order valence-corrected chi connectivity index (χ2v) is 17.2. The molecule has 0 unspecified atom stereocenters. The first kappa shape index (κ1) is 42.3. The number of amides is 2. The summed E-state index contributed by atoms with van der Waals surface area (Å²) < 4.78 is 1.30. The Hall–Kier alpha value is -6.04. The Labute approximate surface area is 371 Å². The number of imidazole rings is 2. The number of aromatic amines is 1. The number of likely N-dealkylation sites (N-methyl/N-ethyl adjacent to an activating group) is 2. The zero-order valence-corrected chi connectivity index (χ0v) is 36.8. The lowest BCUT2D eigenvalue weighted by atomic mass is 9.90. The minimum atomic E-state index is -0.457. The molecule has 4 atom stereocenters. The van der Waals surface area contributed by atoms with Crippen molar-refractivity contribution in [2.75, 3.05) is 32.7 Å². The number of nitrogens with zero attached hydrogens (tertiary/aromatic N) is 6. The fourth-order valence-electron chi connectivity index (χ4n) is 10.3. The molecule has 0 spiro atoms. The van der Waals surface area contributed by atoms with Crippen LogP contribution in [-0.2, 0) is 22.4 Å². The minimum Gasteiger partial charge on any atom is -0.427 e. The molecular weight excluding hydrogens is 785 g/mol. The van der Waals surface area contributed by atoms with E-state index < -0.39 is 6.04 Å². The van der Waals surface area contributed by atoms with Crippen molar-refractivity contribution in [2.24, 2.45) is 0 Å². The van der Waals surface area contributed by atoms with E-state index >= 15 is 0 Å². The summed E-state index contributed by atoms with van der Waals surface area (Å²) in [5.41, 5.74) is 10.1. The van der Waals surface area contributed by atoms with Gasteiger partial charge in [0.05, 0.1) is 35.4 Å². The molecule has 2 amide bonds. The first-order chi connectivity index (χ1) is 30.9. The van der Waals surface area contributed by atoms with Crippen molar-refractivity contribution < 1.29 is 14.8 Å². The third-order valence-corrected chi connectivity index (χ3v) is 13.6. The molecule has 4 heterocycles. The summed E-state index contributed by atoms with van der Waals surface area (Å²) >= 11 is 0. The maximum Gasteiger partial charge on any atom is 0.245 e. The van der Waals surface area contributed by atoms with Crippen LogP contribution in [0.4, 0.5) is 0 Å². The van der Waals surface area contributed by atoms with Gasteiger partial charge in [-0.25, -0.2) is 9.97 Å². The number of fused-ring (bicyclic) bond motifs is 3. The molecule has 0 radical (unpaired) electrons. The molecule has 6 aromatic rings. The highest BCUT2D eigenvalue weighted by molar-refractivity contribution is 5.85. The predicted molar refractivity (Wildman–Crippen MR) is 247 cm³/mol. The van der Waals surface area contributed by atoms with Crippen molar-refractivity contribution in [3.8, 4) is 33.6 Å². The average molecular weight is 845 g/mol. The molecule has 11 heteroatoms. The molecule has 9 rings (SSSR count). The third kappa shape index (κ3) is 8.32. The van der Waals surface area contributed by atoms with E-state index in [-0.39, 0.29) is 29.9 Å². The summed E-state index contributed by atoms with van der Waals surface area (Å²) in [6, 6.07) is 34.0. The average Bonchev–Trinajstić information content (AvgIpc) is 4.16. The van der Waals surface area contributed by atoms with E-state index in [1.807, 2.05) is 71.5 Å². The normalized spacial score (nSPS) is 18.5. The van der Waals surface area contributed by atoms with Gasteiger partial charge in [0.15, 0.2) is 5.82 Å². The van der Waals surface area contributed by atoms with E-state index in [2.05, 4.69) is 83.6 Å². The molecule has 2 fully saturated rings. The van der Waals surface area contributed by atoms with Gasteiger partial charge in [0.1, 0.15) is 17.9 Å². The molecule has 4 aromatic carbocycles. The number of aromatic nitrogens is 4. The highest BCUT2D eigenvalue weighted by Crippen LogP contribution is 2.40. The minimum absolute atomic E-state index is 0.0144. The van der Waals surface area contributed by atoms with Crippen LogP contribution in [0.2, 0.25) is 0 Å². The van der Waals surface area contributed by atoms with E-state index in [9.17, 15) is 14.8 Å². The Morgan fingerprint density at radius 2 is 1.40 bits per heavy atom. The molecule has 326 valence electrons. The first-order valence-corrected chi connectivity index (χ1v) is 23.2. The molecule has 2 aromatic heterocycles. The van der Waals surface area contributed by atoms with Crippen molar-refractivity contribution in [1.82, 2.24) is 39.7 Å². The Balaban J connectivity index is 0.936. The highest BCUT2D eigenvalue weighted by Gasteiger charge is 2.40. The quantitative estimate of drug-likeness (QED) is 0.0991. The first-order valence-electron chi connectivity index (χ1n) is 23.2. The van der Waals surface area contributed by atoms with Gasteiger partial charge >= 0.3 is 0 Å². The van der Waals surface area contributed by atoms with Crippen molar-refractivity contribution in [2.45, 2.75) is 96.3 Å². The van der Waals surface area contributed by atoms with Crippen LogP contribution in [0.3, 0.4) is 0 Å². The van der Waals surface area contributed by atoms with Crippen molar-refractivity contribution in [3.05, 3.63) is 143 Å². The van der Waals surface area contributed by atoms with E-state index in [1.165, 1.54) is 10.3 Å². The SMILES string of the molecule is CCN[C@@H](C(=O)N1CCC[C@H]1c1nc2c(n1O)CCCCc1cc(-c3ccc(-c4cnc([C@@H]5CCCN5C(=O)[C@@H](c5ccccc5)N(CC)CC)[nH]4)cc3)ccc1-2)c1ccccc1. The number of nitrogens with one attached hydrogen (secondary N) is 2. The number of H-pyrrole nitrogens is 1. The second-order valence-electron chi connectivity index (χ2n) is 17.2. The molecule has 3 N–H and O–H groups in total. The number of rotatable bonds is 13. The number of benzene rings is 4. The predicted octanol–water partition coefficient (Wildman–Crippen LogP) is 9.48. The van der Waals surface area contributed by atoms with Crippen LogP contribution >= 0.6 is 0 Å². The zero-order chi connectivity index (χ0) is 43.5. The molecule has 11 nitrogen and oxygen atoms in total. The largest absolute Gasteiger partial charge is 0.427 e. The zero-order valence-electron chi connectivity index (χ0n) is 36.8. The summed E-state index contributed by atoms with van der Waals surface area (Å²) in [6.45, 7) is 9.85. The topological polar surface area (TPSA) is 123 Å². The van der Waals surface area contributed by atoms with Gasteiger partial charge in [-0.3, -0.25) is 14.5 Å². The highest BCUT2D eigenvalue weighted by atomic mass is 16.5. The van der Waals surface area contributed by atoms with E-state index in [4.69, 9.17) is 9.97 Å². The van der Waals surface area contributed by atoms with Gasteiger partial charge in [-0.05, 0) is 104 Å². The smallest absolute Gasteiger partial charge is 0.245 e. The number of hydrogen-bond acceptors (Lipinski definition) is 7. The molecule has 3 aliphatic rings. The van der Waals surface area contributed by atoms with E-state index in [0.29, 0.717) is 18.9 Å². The van der Waals surface area contributed by atoms with Gasteiger partial charge in [0, 0.05) is 18.7 Å². The Morgan fingerprint density at radius 1 is 0.762 bits per heavy atom. The van der Waals surface area contributed by atoms with Crippen LogP contribution in [0, 0.1) is 0 Å². The lowest BCUT2D eigenvalue weighted by Gasteiger charge is -2.34. The molecule has 2 saturated heterocycles. The summed E-state index contributed by atoms with van der Waals surface area (Å²) in [4.78, 5) is 48.3. The fourth-order valence-corrected chi connectivity index (χ4v) is 10.3. The van der Waals surface area contributed by atoms with Gasteiger partial charge in [-0.15, -0.1) is 0 Å². The van der Waals surface area contributed by atoms with Crippen LogP contribution in [0.1, 0.15) is 117 Å². The van der Waals surface area contributed by atoms with Crippen LogP contribution in [-0.4, -0.2) is 84.1 Å². The maximum absolute atomic E-state index is 14.3. The van der Waals surface area contributed by atoms with Crippen LogP contribution in [0.5, 0.6) is 0 Å². The van der Waals surface area contributed by atoms with Crippen molar-refractivity contribution >= 4 is 11.8 Å². The van der Waals surface area contributed by atoms with Gasteiger partial charge < -0.3 is 25.3 Å². The molecule has 0 saturated carbocycles. The standard InChI is InChI=1S/C52H60N8O3/c1-4-53-46(37-17-9-7-10-18-37)51(61)59-32-16-24-45(59)50-56-47-41-30-29-39(33-40(41)21-13-14-22-43(47)60(50)63)35-25-27-36(28-26-35)42-34-54-49(55-42)44-23-15-31-58(44)52(62)48(57(5-2)6-3)38-19-11-8-12-20-38/h7-12,17-20,25-30,33-34,44-46,48,53,63H,4-6,13-16,21-24,31-32H2,1-3H3,(H,54,55)/t44-,45-,46+,48+/m0/s1. The van der Waals surface area contributed by atoms with Crippen molar-refractivity contribution in [1.29, 1.82) is 0 Å². The Bertz CT molecular complexity index is 2510. The molecule has 63 heavy (non-hydrogen) atoms. The second kappa shape index (κ2) is 18.7. The number of carbonyl (C=O) groups excluding carboxylic acids is 2. The molecule has 0 bridgehead atoms. The number of hydrogen-bond donors (Lipinski definition) is 3. The van der Waals surface area contributed by atoms with E-state index in [1.54, 1.807) is 0 Å².